The average Bonchev–Trinajstić information content (AvgIpc) is 3.09. The van der Waals surface area contributed by atoms with Crippen LogP contribution >= 0.6 is 15.9 Å². The van der Waals surface area contributed by atoms with E-state index >= 15 is 0 Å². The molecular weight excluding hydrogens is 715 g/mol. The third kappa shape index (κ3) is 14.0. The molecule has 0 saturated carbocycles. The standard InChI is InChI=1S/C36H40BrN3O3.C2HF3O2/c37-33-13-6-8-28(23-33)24-35(42)40(21-18-27-14-16-34(41)17-15-27)26-29-9-5-10-30(22-29)31-11-7-12-32(25-31)36(43)39-20-4-2-1-3-19-38;3-2(4,5)1(6)7/h5-17,22-23,25,41H,1-4,18-21,24,26,38H2,(H,39,43);(H,6,7). The van der Waals surface area contributed by atoms with Gasteiger partial charge in [0.05, 0.1) is 6.42 Å². The minimum absolute atomic E-state index is 0.0453. The van der Waals surface area contributed by atoms with Crippen molar-refractivity contribution in [1.82, 2.24) is 10.2 Å². The molecule has 50 heavy (non-hydrogen) atoms. The number of hydrogen-bond acceptors (Lipinski definition) is 5. The number of alkyl halides is 3. The van der Waals surface area contributed by atoms with Crippen molar-refractivity contribution >= 4 is 33.7 Å². The number of benzene rings is 4. The molecule has 4 aromatic rings. The first kappa shape index (κ1) is 39.8. The van der Waals surface area contributed by atoms with Crippen LogP contribution in [0.1, 0.15) is 52.7 Å². The number of hydrogen-bond donors (Lipinski definition) is 4. The third-order valence-corrected chi connectivity index (χ3v) is 8.11. The fourth-order valence-corrected chi connectivity index (χ4v) is 5.44. The van der Waals surface area contributed by atoms with Crippen molar-refractivity contribution in [2.45, 2.75) is 51.2 Å². The van der Waals surface area contributed by atoms with Gasteiger partial charge in [-0.15, -0.1) is 0 Å². The van der Waals surface area contributed by atoms with Gasteiger partial charge in [-0.3, -0.25) is 9.59 Å². The van der Waals surface area contributed by atoms with E-state index in [1.54, 1.807) is 12.1 Å². The molecule has 266 valence electrons. The van der Waals surface area contributed by atoms with Crippen LogP contribution in [-0.4, -0.2) is 58.7 Å². The highest BCUT2D eigenvalue weighted by Gasteiger charge is 2.38. The minimum Gasteiger partial charge on any atom is -0.508 e. The molecule has 0 aliphatic heterocycles. The zero-order valence-corrected chi connectivity index (χ0v) is 29.1. The van der Waals surface area contributed by atoms with Crippen LogP contribution in [0.5, 0.6) is 5.75 Å². The van der Waals surface area contributed by atoms with E-state index < -0.39 is 12.1 Å². The van der Waals surface area contributed by atoms with E-state index in [9.17, 15) is 27.9 Å². The number of phenols is 1. The van der Waals surface area contributed by atoms with Gasteiger partial charge in [-0.05, 0) is 96.1 Å². The number of unbranched alkanes of at least 4 members (excludes halogenated alkanes) is 3. The first-order valence-corrected chi connectivity index (χ1v) is 16.9. The lowest BCUT2D eigenvalue weighted by atomic mass is 10.0. The molecule has 0 atom stereocenters. The first-order valence-electron chi connectivity index (χ1n) is 16.1. The summed E-state index contributed by atoms with van der Waals surface area (Å²) in [5, 5.41) is 19.8. The summed E-state index contributed by atoms with van der Waals surface area (Å²) in [4.78, 5) is 37.1. The molecule has 0 aromatic heterocycles. The number of amides is 2. The van der Waals surface area contributed by atoms with Gasteiger partial charge in [-0.1, -0.05) is 83.4 Å². The highest BCUT2D eigenvalue weighted by molar-refractivity contribution is 9.10. The Balaban J connectivity index is 0.000000872. The Morgan fingerprint density at radius 3 is 2.06 bits per heavy atom. The predicted octanol–water partition coefficient (Wildman–Crippen LogP) is 7.52. The molecule has 0 heterocycles. The number of carboxylic acids is 1. The topological polar surface area (TPSA) is 133 Å². The van der Waals surface area contributed by atoms with Gasteiger partial charge in [0.2, 0.25) is 5.91 Å². The molecule has 12 heteroatoms. The quantitative estimate of drug-likeness (QED) is 0.0929. The van der Waals surface area contributed by atoms with Gasteiger partial charge in [0.15, 0.2) is 0 Å². The molecule has 0 radical (unpaired) electrons. The number of rotatable bonds is 15. The van der Waals surface area contributed by atoms with Gasteiger partial charge in [0.1, 0.15) is 5.75 Å². The molecule has 0 bridgehead atoms. The average molecular weight is 757 g/mol. The summed E-state index contributed by atoms with van der Waals surface area (Å²) in [5.74, 6) is -2.56. The maximum absolute atomic E-state index is 13.6. The maximum Gasteiger partial charge on any atom is 0.490 e. The van der Waals surface area contributed by atoms with Crippen LogP contribution in [0.3, 0.4) is 0 Å². The second-order valence-corrected chi connectivity index (χ2v) is 12.5. The van der Waals surface area contributed by atoms with Gasteiger partial charge in [0.25, 0.3) is 5.91 Å². The van der Waals surface area contributed by atoms with Gasteiger partial charge in [0, 0.05) is 29.7 Å². The predicted molar refractivity (Wildman–Crippen MR) is 190 cm³/mol. The van der Waals surface area contributed by atoms with Gasteiger partial charge in [-0.2, -0.15) is 13.2 Å². The normalized spacial score (nSPS) is 10.9. The van der Waals surface area contributed by atoms with Crippen LogP contribution in [0.2, 0.25) is 0 Å². The summed E-state index contributed by atoms with van der Waals surface area (Å²) in [7, 11) is 0. The van der Waals surface area contributed by atoms with Crippen LogP contribution in [0.25, 0.3) is 11.1 Å². The summed E-state index contributed by atoms with van der Waals surface area (Å²) >= 11 is 3.50. The van der Waals surface area contributed by atoms with Crippen LogP contribution in [0.4, 0.5) is 13.2 Å². The summed E-state index contributed by atoms with van der Waals surface area (Å²) in [6.45, 7) is 2.37. The largest absolute Gasteiger partial charge is 0.508 e. The monoisotopic (exact) mass is 755 g/mol. The van der Waals surface area contributed by atoms with Crippen molar-refractivity contribution in [3.05, 3.63) is 124 Å². The van der Waals surface area contributed by atoms with E-state index in [0.29, 0.717) is 44.6 Å². The Kier molecular flexibility index (Phi) is 16.0. The van der Waals surface area contributed by atoms with E-state index in [0.717, 1.165) is 58.0 Å². The number of carboxylic acid groups (broad SMARTS) is 1. The lowest BCUT2D eigenvalue weighted by molar-refractivity contribution is -0.192. The van der Waals surface area contributed by atoms with E-state index in [2.05, 4.69) is 27.3 Å². The van der Waals surface area contributed by atoms with Crippen molar-refractivity contribution in [3.63, 3.8) is 0 Å². The zero-order chi connectivity index (χ0) is 36.5. The Hall–Kier alpha value is -4.68. The fraction of sp³-hybridized carbons (Fsp3) is 0.289. The summed E-state index contributed by atoms with van der Waals surface area (Å²) < 4.78 is 32.7. The Labute approximate surface area is 298 Å². The van der Waals surface area contributed by atoms with E-state index in [-0.39, 0.29) is 17.6 Å². The van der Waals surface area contributed by atoms with Crippen molar-refractivity contribution in [3.8, 4) is 16.9 Å². The molecule has 4 aromatic carbocycles. The minimum atomic E-state index is -5.08. The smallest absolute Gasteiger partial charge is 0.490 e. The number of phenolic OH excluding ortho intramolecular Hbond substituents is 1. The van der Waals surface area contributed by atoms with E-state index in [1.807, 2.05) is 83.8 Å². The fourth-order valence-electron chi connectivity index (χ4n) is 4.99. The molecule has 0 aliphatic carbocycles. The zero-order valence-electron chi connectivity index (χ0n) is 27.5. The van der Waals surface area contributed by atoms with Gasteiger partial charge < -0.3 is 26.2 Å². The molecule has 0 fully saturated rings. The van der Waals surface area contributed by atoms with Crippen molar-refractivity contribution < 1.29 is 37.8 Å². The molecule has 0 spiro atoms. The lowest BCUT2D eigenvalue weighted by Gasteiger charge is -2.24. The molecule has 0 saturated heterocycles. The maximum atomic E-state index is 13.6. The SMILES string of the molecule is NCCCCCCNC(=O)c1cccc(-c2cccc(CN(CCc3ccc(O)cc3)C(=O)Cc3cccc(Br)c3)c2)c1.O=C(O)C(F)(F)F. The summed E-state index contributed by atoms with van der Waals surface area (Å²) in [6, 6.07) is 30.8. The van der Waals surface area contributed by atoms with Crippen molar-refractivity contribution in [1.29, 1.82) is 0 Å². The molecule has 2 amide bonds. The number of halogens is 4. The van der Waals surface area contributed by atoms with Gasteiger partial charge >= 0.3 is 12.1 Å². The second-order valence-electron chi connectivity index (χ2n) is 11.6. The number of nitrogens with zero attached hydrogens (tertiary/aromatic N) is 1. The Bertz CT molecular complexity index is 1700. The van der Waals surface area contributed by atoms with Crippen LogP contribution in [0, 0.1) is 0 Å². The van der Waals surface area contributed by atoms with Gasteiger partial charge in [-0.25, -0.2) is 4.79 Å². The van der Waals surface area contributed by atoms with Crippen LogP contribution < -0.4 is 11.1 Å². The number of carbonyl (C=O) groups excluding carboxylic acids is 2. The van der Waals surface area contributed by atoms with Crippen LogP contribution in [0.15, 0.2) is 102 Å². The highest BCUT2D eigenvalue weighted by atomic mass is 79.9. The van der Waals surface area contributed by atoms with Crippen molar-refractivity contribution in [2.24, 2.45) is 5.73 Å². The summed E-state index contributed by atoms with van der Waals surface area (Å²) in [6.07, 6.45) is -0.00161. The molecule has 5 N–H and O–H groups in total. The number of carbonyl (C=O) groups is 3. The Morgan fingerprint density at radius 1 is 0.780 bits per heavy atom. The number of nitrogens with two attached hydrogens (primary N) is 1. The number of nitrogens with one attached hydrogen (secondary N) is 1. The second kappa shape index (κ2) is 20.1. The van der Waals surface area contributed by atoms with E-state index in [4.69, 9.17) is 15.6 Å². The lowest BCUT2D eigenvalue weighted by Crippen LogP contribution is -2.33. The highest BCUT2D eigenvalue weighted by Crippen LogP contribution is 2.23. The number of aliphatic carboxylic acids is 1. The first-order chi connectivity index (χ1) is 23.8. The Morgan fingerprint density at radius 2 is 1.40 bits per heavy atom. The number of aromatic hydroxyl groups is 1. The molecule has 0 unspecified atom stereocenters. The summed E-state index contributed by atoms with van der Waals surface area (Å²) in [5.41, 5.74) is 11.1. The van der Waals surface area contributed by atoms with E-state index in [1.165, 1.54) is 0 Å². The molecule has 0 aliphatic rings. The molecule has 4 rings (SSSR count). The molecular formula is C38H41BrF3N3O5. The van der Waals surface area contributed by atoms with Crippen molar-refractivity contribution in [2.75, 3.05) is 19.6 Å². The van der Waals surface area contributed by atoms with Crippen LogP contribution in [-0.2, 0) is 29.0 Å². The molecule has 8 nitrogen and oxygen atoms in total. The third-order valence-electron chi connectivity index (χ3n) is 7.62.